The van der Waals surface area contributed by atoms with Crippen LogP contribution in [-0.2, 0) is 6.42 Å². The lowest BCUT2D eigenvalue weighted by Crippen LogP contribution is -2.28. The standard InChI is InChI=1S/C15H20N2O2/c18-17(19)14-7-6-13-8-9-16(15(13)10-14)11-12-4-2-1-3-5-12/h6-7,10,12H,1-5,8-9,11H2. The second kappa shape index (κ2) is 5.19. The van der Waals surface area contributed by atoms with Crippen LogP contribution in [0.1, 0.15) is 37.7 Å². The van der Waals surface area contributed by atoms with Gasteiger partial charge >= 0.3 is 0 Å². The van der Waals surface area contributed by atoms with E-state index in [-0.39, 0.29) is 10.6 Å². The average molecular weight is 260 g/mol. The van der Waals surface area contributed by atoms with Gasteiger partial charge in [-0.1, -0.05) is 25.3 Å². The van der Waals surface area contributed by atoms with Crippen LogP contribution < -0.4 is 4.90 Å². The Morgan fingerprint density at radius 2 is 2.05 bits per heavy atom. The van der Waals surface area contributed by atoms with E-state index in [0.717, 1.165) is 31.1 Å². The van der Waals surface area contributed by atoms with Crippen LogP contribution in [0.15, 0.2) is 18.2 Å². The van der Waals surface area contributed by atoms with Crippen molar-refractivity contribution in [2.45, 2.75) is 38.5 Å². The fourth-order valence-electron chi connectivity index (χ4n) is 3.42. The van der Waals surface area contributed by atoms with Crippen LogP contribution in [0, 0.1) is 16.0 Å². The van der Waals surface area contributed by atoms with Gasteiger partial charge in [0.05, 0.1) is 4.92 Å². The number of nitro groups is 1. The minimum atomic E-state index is -0.294. The molecule has 1 saturated carbocycles. The molecule has 1 aromatic carbocycles. The Morgan fingerprint density at radius 3 is 2.79 bits per heavy atom. The Hall–Kier alpha value is -1.58. The molecule has 1 fully saturated rings. The van der Waals surface area contributed by atoms with Gasteiger partial charge in [-0.15, -0.1) is 0 Å². The molecule has 0 radical (unpaired) electrons. The van der Waals surface area contributed by atoms with Gasteiger partial charge in [0.2, 0.25) is 0 Å². The van der Waals surface area contributed by atoms with Crippen molar-refractivity contribution in [1.82, 2.24) is 0 Å². The molecule has 4 nitrogen and oxygen atoms in total. The van der Waals surface area contributed by atoms with Crippen LogP contribution >= 0.6 is 0 Å². The Bertz CT molecular complexity index is 481. The van der Waals surface area contributed by atoms with Crippen LogP contribution in [-0.4, -0.2) is 18.0 Å². The molecule has 0 aromatic heterocycles. The van der Waals surface area contributed by atoms with Gasteiger partial charge in [-0.25, -0.2) is 0 Å². The minimum absolute atomic E-state index is 0.217. The molecule has 3 rings (SSSR count). The molecule has 19 heavy (non-hydrogen) atoms. The van der Waals surface area contributed by atoms with Crippen LogP contribution in [0.5, 0.6) is 0 Å². The normalized spacial score (nSPS) is 19.5. The van der Waals surface area contributed by atoms with Gasteiger partial charge in [0, 0.05) is 30.9 Å². The van der Waals surface area contributed by atoms with Crippen molar-refractivity contribution >= 4 is 11.4 Å². The zero-order valence-electron chi connectivity index (χ0n) is 11.2. The maximum Gasteiger partial charge on any atom is 0.271 e. The van der Waals surface area contributed by atoms with E-state index in [4.69, 9.17) is 0 Å². The second-order valence-corrected chi connectivity index (χ2v) is 5.77. The van der Waals surface area contributed by atoms with Gasteiger partial charge in [0.15, 0.2) is 0 Å². The minimum Gasteiger partial charge on any atom is -0.370 e. The SMILES string of the molecule is O=[N+]([O-])c1ccc2c(c1)N(CC1CCCCC1)CC2. The third-order valence-electron chi connectivity index (χ3n) is 4.47. The van der Waals surface area contributed by atoms with Crippen molar-refractivity contribution in [1.29, 1.82) is 0 Å². The van der Waals surface area contributed by atoms with E-state index in [1.54, 1.807) is 12.1 Å². The predicted octanol–water partition coefficient (Wildman–Crippen LogP) is 3.54. The van der Waals surface area contributed by atoms with Gasteiger partial charge in [-0.3, -0.25) is 10.1 Å². The van der Waals surface area contributed by atoms with Crippen LogP contribution in [0.4, 0.5) is 11.4 Å². The zero-order chi connectivity index (χ0) is 13.2. The van der Waals surface area contributed by atoms with E-state index in [1.165, 1.54) is 37.7 Å². The van der Waals surface area contributed by atoms with E-state index < -0.39 is 0 Å². The molecule has 0 amide bonds. The number of rotatable bonds is 3. The summed E-state index contributed by atoms with van der Waals surface area (Å²) >= 11 is 0. The lowest BCUT2D eigenvalue weighted by Gasteiger charge is -2.28. The van der Waals surface area contributed by atoms with Gasteiger partial charge < -0.3 is 4.90 Å². The maximum absolute atomic E-state index is 10.9. The van der Waals surface area contributed by atoms with E-state index in [1.807, 2.05) is 6.07 Å². The molecule has 0 N–H and O–H groups in total. The fourth-order valence-corrected chi connectivity index (χ4v) is 3.42. The number of non-ortho nitro benzene ring substituents is 1. The summed E-state index contributed by atoms with van der Waals surface area (Å²) in [6.45, 7) is 2.10. The second-order valence-electron chi connectivity index (χ2n) is 5.77. The van der Waals surface area contributed by atoms with Crippen LogP contribution in [0.25, 0.3) is 0 Å². The summed E-state index contributed by atoms with van der Waals surface area (Å²) in [6.07, 6.45) is 7.74. The lowest BCUT2D eigenvalue weighted by atomic mass is 9.89. The van der Waals surface area contributed by atoms with E-state index in [0.29, 0.717) is 0 Å². The number of hydrogen-bond donors (Lipinski definition) is 0. The van der Waals surface area contributed by atoms with Crippen molar-refractivity contribution in [3.63, 3.8) is 0 Å². The highest BCUT2D eigenvalue weighted by Crippen LogP contribution is 2.34. The zero-order valence-corrected chi connectivity index (χ0v) is 11.2. The van der Waals surface area contributed by atoms with E-state index >= 15 is 0 Å². The molecule has 1 aliphatic heterocycles. The number of anilines is 1. The summed E-state index contributed by atoms with van der Waals surface area (Å²) in [5, 5.41) is 10.9. The molecule has 2 aliphatic rings. The van der Waals surface area contributed by atoms with Gasteiger partial charge in [-0.2, -0.15) is 0 Å². The largest absolute Gasteiger partial charge is 0.370 e. The number of fused-ring (bicyclic) bond motifs is 1. The molecule has 0 atom stereocenters. The van der Waals surface area contributed by atoms with Gasteiger partial charge in [0.25, 0.3) is 5.69 Å². The molecule has 0 spiro atoms. The first kappa shape index (κ1) is 12.5. The van der Waals surface area contributed by atoms with Crippen LogP contribution in [0.2, 0.25) is 0 Å². The topological polar surface area (TPSA) is 46.4 Å². The highest BCUT2D eigenvalue weighted by molar-refractivity contribution is 5.62. The molecule has 0 bridgehead atoms. The predicted molar refractivity (Wildman–Crippen MR) is 75.6 cm³/mol. The third-order valence-corrected chi connectivity index (χ3v) is 4.47. The highest BCUT2D eigenvalue weighted by Gasteiger charge is 2.25. The first-order valence-corrected chi connectivity index (χ1v) is 7.26. The first-order chi connectivity index (χ1) is 9.24. The summed E-state index contributed by atoms with van der Waals surface area (Å²) in [4.78, 5) is 12.9. The highest BCUT2D eigenvalue weighted by atomic mass is 16.6. The average Bonchev–Trinajstić information content (AvgIpc) is 2.82. The number of hydrogen-bond acceptors (Lipinski definition) is 3. The van der Waals surface area contributed by atoms with Crippen LogP contribution in [0.3, 0.4) is 0 Å². The molecular formula is C15H20N2O2. The summed E-state index contributed by atoms with van der Waals surface area (Å²) in [5.41, 5.74) is 2.58. The molecule has 4 heteroatoms. The first-order valence-electron chi connectivity index (χ1n) is 7.26. The molecule has 0 unspecified atom stereocenters. The molecule has 1 heterocycles. The van der Waals surface area contributed by atoms with Crippen molar-refractivity contribution in [3.05, 3.63) is 33.9 Å². The van der Waals surface area contributed by atoms with Crippen molar-refractivity contribution < 1.29 is 4.92 Å². The number of nitrogens with zero attached hydrogens (tertiary/aromatic N) is 2. The Balaban J connectivity index is 1.76. The Morgan fingerprint density at radius 1 is 1.26 bits per heavy atom. The summed E-state index contributed by atoms with van der Waals surface area (Å²) in [7, 11) is 0. The Labute approximate surface area is 113 Å². The van der Waals surface area contributed by atoms with Crippen molar-refractivity contribution in [3.8, 4) is 0 Å². The van der Waals surface area contributed by atoms with Crippen molar-refractivity contribution in [2.24, 2.45) is 5.92 Å². The smallest absolute Gasteiger partial charge is 0.271 e. The van der Waals surface area contributed by atoms with E-state index in [2.05, 4.69) is 4.90 Å². The Kier molecular flexibility index (Phi) is 3.40. The number of benzene rings is 1. The van der Waals surface area contributed by atoms with E-state index in [9.17, 15) is 10.1 Å². The fraction of sp³-hybridized carbons (Fsp3) is 0.600. The molecule has 0 saturated heterocycles. The molecule has 1 aromatic rings. The molecular weight excluding hydrogens is 240 g/mol. The quantitative estimate of drug-likeness (QED) is 0.617. The van der Waals surface area contributed by atoms with Gasteiger partial charge in [0.1, 0.15) is 0 Å². The van der Waals surface area contributed by atoms with Gasteiger partial charge in [-0.05, 0) is 30.7 Å². The lowest BCUT2D eigenvalue weighted by molar-refractivity contribution is -0.384. The molecule has 1 aliphatic carbocycles. The third kappa shape index (κ3) is 2.57. The van der Waals surface area contributed by atoms with Crippen molar-refractivity contribution in [2.75, 3.05) is 18.0 Å². The number of nitro benzene ring substituents is 1. The molecule has 102 valence electrons. The monoisotopic (exact) mass is 260 g/mol. The maximum atomic E-state index is 10.9. The summed E-state index contributed by atoms with van der Waals surface area (Å²) in [5.74, 6) is 0.777. The summed E-state index contributed by atoms with van der Waals surface area (Å²) < 4.78 is 0. The summed E-state index contributed by atoms with van der Waals surface area (Å²) in [6, 6.07) is 5.31.